The molecule has 4 heterocycles. The molecule has 3 aliphatic rings. The van der Waals surface area contributed by atoms with Crippen LogP contribution in [0.25, 0.3) is 22.8 Å². The van der Waals surface area contributed by atoms with Crippen molar-refractivity contribution in [2.45, 2.75) is 44.6 Å². The van der Waals surface area contributed by atoms with Gasteiger partial charge in [-0.3, -0.25) is 4.79 Å². The summed E-state index contributed by atoms with van der Waals surface area (Å²) in [6.07, 6.45) is 3.37. The van der Waals surface area contributed by atoms with E-state index in [9.17, 15) is 9.59 Å². The zero-order valence-electron chi connectivity index (χ0n) is 21.8. The highest BCUT2D eigenvalue weighted by Gasteiger charge is 2.50. The van der Waals surface area contributed by atoms with Crippen LogP contribution in [0.2, 0.25) is 0 Å². The summed E-state index contributed by atoms with van der Waals surface area (Å²) in [6, 6.07) is 8.62. The Labute approximate surface area is 220 Å². The largest absolute Gasteiger partial charge is 0.444 e. The number of hydrogen-bond acceptors (Lipinski definition) is 6. The molecule has 1 spiro atoms. The fourth-order valence-corrected chi connectivity index (χ4v) is 5.19. The van der Waals surface area contributed by atoms with Gasteiger partial charge < -0.3 is 24.8 Å². The Hall–Kier alpha value is -3.95. The topological polar surface area (TPSA) is 103 Å². The van der Waals surface area contributed by atoms with Crippen LogP contribution in [-0.4, -0.2) is 70.2 Å². The van der Waals surface area contributed by atoms with Crippen molar-refractivity contribution in [2.24, 2.45) is 0 Å². The predicted molar refractivity (Wildman–Crippen MR) is 140 cm³/mol. The highest BCUT2D eigenvalue weighted by atomic mass is 19.1. The normalized spacial score (nSPS) is 18.3. The van der Waals surface area contributed by atoms with E-state index in [-0.39, 0.29) is 23.2 Å². The molecule has 1 saturated carbocycles. The van der Waals surface area contributed by atoms with Crippen LogP contribution in [-0.2, 0) is 10.2 Å². The highest BCUT2D eigenvalue weighted by molar-refractivity contribution is 5.98. The molecule has 1 saturated heterocycles. The average Bonchev–Trinajstić information content (AvgIpc) is 3.52. The smallest absolute Gasteiger partial charge is 0.410 e. The van der Waals surface area contributed by atoms with Crippen molar-refractivity contribution >= 4 is 17.7 Å². The maximum atomic E-state index is 15.3. The van der Waals surface area contributed by atoms with E-state index in [0.29, 0.717) is 49.5 Å². The van der Waals surface area contributed by atoms with E-state index in [4.69, 9.17) is 4.74 Å². The maximum absolute atomic E-state index is 15.3. The van der Waals surface area contributed by atoms with Crippen molar-refractivity contribution in [3.05, 3.63) is 53.6 Å². The lowest BCUT2D eigenvalue weighted by Gasteiger charge is -2.36. The molecular formula is C28H31FN6O3. The number of hydrogen-bond donors (Lipinski definition) is 2. The molecule has 2 N–H and O–H groups in total. The zero-order chi connectivity index (χ0) is 26.7. The molecule has 3 aromatic rings. The zero-order valence-corrected chi connectivity index (χ0v) is 21.8. The summed E-state index contributed by atoms with van der Waals surface area (Å²) < 4.78 is 20.8. The second-order valence-corrected chi connectivity index (χ2v) is 11.3. The number of piperazine rings is 1. The molecule has 1 aromatic carbocycles. The number of fused-ring (bicyclic) bond motifs is 2. The van der Waals surface area contributed by atoms with Gasteiger partial charge >= 0.3 is 6.09 Å². The number of ether oxygens (including phenoxy) is 1. The molecule has 9 nitrogen and oxygen atoms in total. The molecule has 2 amide bonds. The van der Waals surface area contributed by atoms with Gasteiger partial charge in [0.15, 0.2) is 5.82 Å². The van der Waals surface area contributed by atoms with Crippen LogP contribution < -0.4 is 10.2 Å². The van der Waals surface area contributed by atoms with Crippen molar-refractivity contribution in [3.8, 4) is 22.8 Å². The third-order valence-electron chi connectivity index (χ3n) is 7.46. The quantitative estimate of drug-likeness (QED) is 0.541. The number of anilines is 1. The van der Waals surface area contributed by atoms with Gasteiger partial charge in [-0.2, -0.15) is 0 Å². The van der Waals surface area contributed by atoms with Gasteiger partial charge in [0.25, 0.3) is 5.91 Å². The Morgan fingerprint density at radius 3 is 2.53 bits per heavy atom. The standard InChI is InChI=1S/C28H31FN6O3/c1-27(2,3)38-26(37)35-12-10-34(11-13-35)17-4-5-18(20(29)14-17)24-30-9-6-21(33-24)22-15-19-23(32-22)28(7-8-28)16-31-25(19)36/h4-6,9,14-15,32H,7-8,10-13,16H2,1-3H3,(H,31,36). The molecule has 2 aliphatic heterocycles. The Bertz CT molecular complexity index is 1420. The molecule has 0 bridgehead atoms. The number of amides is 2. The Kier molecular flexibility index (Phi) is 5.66. The molecule has 2 fully saturated rings. The van der Waals surface area contributed by atoms with Gasteiger partial charge in [0, 0.05) is 55.7 Å². The lowest BCUT2D eigenvalue weighted by molar-refractivity contribution is 0.0240. The number of rotatable bonds is 3. The maximum Gasteiger partial charge on any atom is 0.410 e. The number of carbonyl (C=O) groups excluding carboxylic acids is 2. The first kappa shape index (κ1) is 24.4. The molecule has 0 unspecified atom stereocenters. The summed E-state index contributed by atoms with van der Waals surface area (Å²) in [5.74, 6) is -0.223. The summed E-state index contributed by atoms with van der Waals surface area (Å²) >= 11 is 0. The Balaban J connectivity index is 1.19. The van der Waals surface area contributed by atoms with E-state index >= 15 is 4.39 Å². The van der Waals surface area contributed by atoms with Crippen molar-refractivity contribution in [1.29, 1.82) is 0 Å². The summed E-state index contributed by atoms with van der Waals surface area (Å²) in [5, 5.41) is 2.98. The number of nitrogens with one attached hydrogen (secondary N) is 2. The van der Waals surface area contributed by atoms with Gasteiger partial charge in [0.05, 0.1) is 22.5 Å². The van der Waals surface area contributed by atoms with Gasteiger partial charge in [0.1, 0.15) is 11.4 Å². The van der Waals surface area contributed by atoms with E-state index in [1.165, 1.54) is 6.07 Å². The first-order chi connectivity index (χ1) is 18.1. The molecule has 6 rings (SSSR count). The van der Waals surface area contributed by atoms with Crippen LogP contribution in [0.5, 0.6) is 0 Å². The number of aromatic amines is 1. The van der Waals surface area contributed by atoms with Crippen LogP contribution in [0, 0.1) is 5.82 Å². The number of carbonyl (C=O) groups is 2. The Morgan fingerprint density at radius 1 is 1.08 bits per heavy atom. The van der Waals surface area contributed by atoms with Crippen LogP contribution in [0.3, 0.4) is 0 Å². The molecule has 0 atom stereocenters. The molecule has 1 aliphatic carbocycles. The number of nitrogens with zero attached hydrogens (tertiary/aromatic N) is 4. The second kappa shape index (κ2) is 8.82. The minimum atomic E-state index is -0.541. The molecule has 2 aromatic heterocycles. The molecule has 10 heteroatoms. The van der Waals surface area contributed by atoms with Gasteiger partial charge in [-0.05, 0) is 63.9 Å². The fourth-order valence-electron chi connectivity index (χ4n) is 5.19. The SMILES string of the molecule is CC(C)(C)OC(=O)N1CCN(c2ccc(-c3nccc(-c4cc5c([nH]4)C4(CC4)CNC5=O)n3)c(F)c2)CC1. The minimum absolute atomic E-state index is 0.0116. The molecule has 38 heavy (non-hydrogen) atoms. The van der Waals surface area contributed by atoms with Crippen molar-refractivity contribution in [1.82, 2.24) is 25.2 Å². The first-order valence-corrected chi connectivity index (χ1v) is 13.0. The van der Waals surface area contributed by atoms with E-state index in [2.05, 4.69) is 20.3 Å². The number of halogens is 1. The predicted octanol–water partition coefficient (Wildman–Crippen LogP) is 4.11. The second-order valence-electron chi connectivity index (χ2n) is 11.3. The van der Waals surface area contributed by atoms with Gasteiger partial charge in [0.2, 0.25) is 0 Å². The van der Waals surface area contributed by atoms with E-state index in [0.717, 1.165) is 29.9 Å². The summed E-state index contributed by atoms with van der Waals surface area (Å²) in [4.78, 5) is 40.8. The van der Waals surface area contributed by atoms with E-state index in [1.54, 1.807) is 23.2 Å². The van der Waals surface area contributed by atoms with Crippen LogP contribution in [0.1, 0.15) is 49.7 Å². The van der Waals surface area contributed by atoms with Crippen molar-refractivity contribution in [2.75, 3.05) is 37.6 Å². The monoisotopic (exact) mass is 518 g/mol. The van der Waals surface area contributed by atoms with Gasteiger partial charge in [-0.25, -0.2) is 19.2 Å². The average molecular weight is 519 g/mol. The Morgan fingerprint density at radius 2 is 1.84 bits per heavy atom. The summed E-state index contributed by atoms with van der Waals surface area (Å²) in [5.41, 5.74) is 3.47. The van der Waals surface area contributed by atoms with Crippen LogP contribution >= 0.6 is 0 Å². The lowest BCUT2D eigenvalue weighted by Crippen LogP contribution is -2.50. The van der Waals surface area contributed by atoms with Gasteiger partial charge in [-0.15, -0.1) is 0 Å². The highest BCUT2D eigenvalue weighted by Crippen LogP contribution is 2.50. The minimum Gasteiger partial charge on any atom is -0.444 e. The first-order valence-electron chi connectivity index (χ1n) is 13.0. The lowest BCUT2D eigenvalue weighted by atomic mass is 9.95. The fraction of sp³-hybridized carbons (Fsp3) is 0.429. The number of H-pyrrole nitrogens is 1. The summed E-state index contributed by atoms with van der Waals surface area (Å²) in [7, 11) is 0. The van der Waals surface area contributed by atoms with Crippen molar-refractivity contribution in [3.63, 3.8) is 0 Å². The van der Waals surface area contributed by atoms with Gasteiger partial charge in [-0.1, -0.05) is 0 Å². The number of benzene rings is 1. The van der Waals surface area contributed by atoms with E-state index in [1.807, 2.05) is 37.8 Å². The third-order valence-corrected chi connectivity index (χ3v) is 7.46. The molecular weight excluding hydrogens is 487 g/mol. The molecule has 0 radical (unpaired) electrons. The van der Waals surface area contributed by atoms with E-state index < -0.39 is 11.4 Å². The van der Waals surface area contributed by atoms with Crippen LogP contribution in [0.4, 0.5) is 14.9 Å². The van der Waals surface area contributed by atoms with Crippen molar-refractivity contribution < 1.29 is 18.7 Å². The van der Waals surface area contributed by atoms with Crippen LogP contribution in [0.15, 0.2) is 36.5 Å². The number of aromatic nitrogens is 3. The molecule has 198 valence electrons. The third kappa shape index (κ3) is 4.48. The summed E-state index contributed by atoms with van der Waals surface area (Å²) in [6.45, 7) is 8.36.